The predicted molar refractivity (Wildman–Crippen MR) is 200 cm³/mol. The van der Waals surface area contributed by atoms with Crippen LogP contribution in [0.3, 0.4) is 0 Å². The van der Waals surface area contributed by atoms with Gasteiger partial charge in [0, 0.05) is 17.3 Å². The lowest BCUT2D eigenvalue weighted by Gasteiger charge is -2.62. The first-order chi connectivity index (χ1) is 25.0. The van der Waals surface area contributed by atoms with Crippen LogP contribution in [-0.2, 0) is 20.5 Å². The maximum Gasteiger partial charge on any atom is 0.416 e. The van der Waals surface area contributed by atoms with E-state index in [4.69, 9.17) is 13.9 Å². The van der Waals surface area contributed by atoms with Crippen LogP contribution in [0.2, 0.25) is 0 Å². The van der Waals surface area contributed by atoms with Crippen LogP contribution in [0.5, 0.6) is 5.75 Å². The number of nitrogens with one attached hydrogen (secondary N) is 1. The molecule has 11 heteroatoms. The summed E-state index contributed by atoms with van der Waals surface area (Å²) < 4.78 is 55.4. The zero-order valence-electron chi connectivity index (χ0n) is 31.5. The van der Waals surface area contributed by atoms with Gasteiger partial charge in [0.15, 0.2) is 11.5 Å². The highest BCUT2D eigenvalue weighted by atomic mass is 35.5. The Morgan fingerprint density at radius 2 is 1.69 bits per heavy atom. The fourth-order valence-corrected chi connectivity index (χ4v) is 10.9. The van der Waals surface area contributed by atoms with Crippen LogP contribution in [0.15, 0.2) is 101 Å². The summed E-state index contributed by atoms with van der Waals surface area (Å²) in [5.41, 5.74) is -1.08. The number of epoxide rings is 1. The van der Waals surface area contributed by atoms with Crippen LogP contribution in [0.1, 0.15) is 89.0 Å². The number of aliphatic hydroxyl groups is 1. The highest BCUT2D eigenvalue weighted by molar-refractivity contribution is 6.06. The molecule has 1 spiro atoms. The average Bonchev–Trinajstić information content (AvgIpc) is 3.48. The highest BCUT2D eigenvalue weighted by Gasteiger charge is 2.87. The van der Waals surface area contributed by atoms with Gasteiger partial charge in [0.05, 0.1) is 35.0 Å². The molecule has 1 aliphatic heterocycles. The van der Waals surface area contributed by atoms with Crippen LogP contribution < -0.4 is 10.1 Å². The second-order valence-corrected chi connectivity index (χ2v) is 16.5. The Hall–Kier alpha value is -3.86. The largest absolute Gasteiger partial charge is 0.504 e. The number of benzene rings is 2. The quantitative estimate of drug-likeness (QED) is 0.231. The maximum atomic E-state index is 14.0. The molecule has 8 atom stereocenters. The smallest absolute Gasteiger partial charge is 0.416 e. The normalized spacial score (nSPS) is 33.6. The van der Waals surface area contributed by atoms with Gasteiger partial charge in [-0.1, -0.05) is 50.3 Å². The van der Waals surface area contributed by atoms with Crippen molar-refractivity contribution >= 4 is 24.0 Å². The van der Waals surface area contributed by atoms with E-state index in [9.17, 15) is 27.9 Å². The van der Waals surface area contributed by atoms with Crippen molar-refractivity contribution in [2.24, 2.45) is 27.6 Å². The number of alkyl halides is 3. The second kappa shape index (κ2) is 13.7. The summed E-state index contributed by atoms with van der Waals surface area (Å²) in [6, 6.07) is 16.5. The van der Waals surface area contributed by atoms with Gasteiger partial charge in [0.25, 0.3) is 0 Å². The topological polar surface area (TPSA) is 101 Å². The Labute approximate surface area is 320 Å². The first kappa shape index (κ1) is 39.8. The minimum absolute atomic E-state index is 0. The summed E-state index contributed by atoms with van der Waals surface area (Å²) in [7, 11) is 1.85. The van der Waals surface area contributed by atoms with Crippen molar-refractivity contribution in [3.8, 4) is 5.75 Å². The van der Waals surface area contributed by atoms with Crippen LogP contribution in [0.25, 0.3) is 0 Å². The molecule has 7 nitrogen and oxygen atoms in total. The number of furan rings is 1. The second-order valence-electron chi connectivity index (χ2n) is 16.5. The zero-order chi connectivity index (χ0) is 38.2. The van der Waals surface area contributed by atoms with E-state index in [2.05, 4.69) is 19.2 Å². The molecule has 1 saturated heterocycles. The number of ketones is 2. The molecule has 8 unspecified atom stereocenters. The van der Waals surface area contributed by atoms with Gasteiger partial charge < -0.3 is 24.3 Å². The van der Waals surface area contributed by atoms with E-state index >= 15 is 0 Å². The minimum atomic E-state index is -4.33. The molecule has 8 rings (SSSR count). The van der Waals surface area contributed by atoms with Crippen LogP contribution >= 0.6 is 12.4 Å². The van der Waals surface area contributed by atoms with E-state index in [1.54, 1.807) is 12.3 Å². The van der Waals surface area contributed by atoms with Gasteiger partial charge in [0.1, 0.15) is 17.5 Å². The summed E-state index contributed by atoms with van der Waals surface area (Å²) in [4.78, 5) is 26.7. The summed E-state index contributed by atoms with van der Waals surface area (Å²) in [6.07, 6.45) is 5.95. The molecule has 0 radical (unpaired) electrons. The third-order valence-electron chi connectivity index (χ3n) is 13.5. The van der Waals surface area contributed by atoms with Crippen molar-refractivity contribution in [1.82, 2.24) is 5.32 Å². The standard InChI is InChI=1S/C26H30O5.C17H18F3NO.ClH/c1-22(2)17(27)7-9-23(3)16-6-10-24(4)15(14-8-11-30-13-14)12-18-26(24,31-18)25(16,5)21(29)19(28)20(22)23;1-21-12-11-16(13-5-3-2-4-6-13)22-15-9-7-14(8-10-15)17(18,19)20;/h7-9,11,13,15-16,18,28H,6,10,12H2,1-5H3;2-10,16,21H,11-12H2,1H3;1H. The molecule has 2 heterocycles. The molecule has 1 aromatic heterocycles. The Morgan fingerprint density at radius 3 is 2.30 bits per heavy atom. The summed E-state index contributed by atoms with van der Waals surface area (Å²) in [5, 5.41) is 14.4. The number of carbonyl (C=O) groups is 2. The molecule has 2 saturated carbocycles. The van der Waals surface area contributed by atoms with Gasteiger partial charge >= 0.3 is 6.18 Å². The van der Waals surface area contributed by atoms with Crippen molar-refractivity contribution < 1.29 is 41.8 Å². The number of allylic oxidation sites excluding steroid dienone is 4. The fourth-order valence-electron chi connectivity index (χ4n) is 10.9. The van der Waals surface area contributed by atoms with E-state index < -0.39 is 33.6 Å². The highest BCUT2D eigenvalue weighted by Crippen LogP contribution is 2.81. The lowest BCUT2D eigenvalue weighted by atomic mass is 9.39. The number of halogens is 4. The van der Waals surface area contributed by atoms with Crippen molar-refractivity contribution in [3.63, 3.8) is 0 Å². The average molecular weight is 768 g/mol. The number of aliphatic hydroxyl groups excluding tert-OH is 1. The SMILES string of the molecule is CC1(C)C(=O)C=CC2(C)C1=C(O)C(=O)C1(C)C2CCC2(C)C(c3ccoc3)CC3OC321.CNCCC(Oc1ccc(C(F)(F)F)cc1)c1ccccc1.Cl. The molecule has 2 aromatic carbocycles. The van der Waals surface area contributed by atoms with Gasteiger partial charge in [-0.15, -0.1) is 12.4 Å². The number of fused-ring (bicyclic) bond motifs is 3. The van der Waals surface area contributed by atoms with Gasteiger partial charge in [-0.3, -0.25) is 9.59 Å². The molecule has 3 fully saturated rings. The number of Topliss-reactive ketones (excluding diaryl/α,β-unsaturated/α-hetero) is 1. The third kappa shape index (κ3) is 5.77. The summed E-state index contributed by atoms with van der Waals surface area (Å²) >= 11 is 0. The Balaban J connectivity index is 0.000000193. The summed E-state index contributed by atoms with van der Waals surface area (Å²) in [6.45, 7) is 10.8. The molecular formula is C43H49ClF3NO6. The first-order valence-corrected chi connectivity index (χ1v) is 18.4. The van der Waals surface area contributed by atoms with Crippen molar-refractivity contribution in [2.75, 3.05) is 13.6 Å². The van der Waals surface area contributed by atoms with E-state index in [0.29, 0.717) is 11.3 Å². The van der Waals surface area contributed by atoms with Gasteiger partial charge in [-0.2, -0.15) is 13.2 Å². The van der Waals surface area contributed by atoms with Gasteiger partial charge in [-0.05, 0) is 119 Å². The molecular weight excluding hydrogens is 719 g/mol. The van der Waals surface area contributed by atoms with E-state index in [-0.39, 0.29) is 59.2 Å². The van der Waals surface area contributed by atoms with Crippen molar-refractivity contribution in [2.45, 2.75) is 90.2 Å². The number of ether oxygens (including phenoxy) is 2. The molecule has 2 N–H and O–H groups in total. The van der Waals surface area contributed by atoms with Crippen LogP contribution in [-0.4, -0.2) is 42.0 Å². The first-order valence-electron chi connectivity index (χ1n) is 18.4. The molecule has 3 aromatic rings. The molecule has 5 aliphatic rings. The van der Waals surface area contributed by atoms with Crippen LogP contribution in [0, 0.1) is 27.6 Å². The van der Waals surface area contributed by atoms with Crippen LogP contribution in [0.4, 0.5) is 13.2 Å². The number of rotatable bonds is 7. The minimum Gasteiger partial charge on any atom is -0.504 e. The van der Waals surface area contributed by atoms with Gasteiger partial charge in [0.2, 0.25) is 5.78 Å². The number of hydrogen-bond acceptors (Lipinski definition) is 7. The molecule has 290 valence electrons. The molecule has 54 heavy (non-hydrogen) atoms. The fraction of sp³-hybridized carbons (Fsp3) is 0.488. The maximum absolute atomic E-state index is 14.0. The Kier molecular flexibility index (Phi) is 10.1. The predicted octanol–water partition coefficient (Wildman–Crippen LogP) is 9.75. The lowest BCUT2D eigenvalue weighted by molar-refractivity contribution is -0.162. The van der Waals surface area contributed by atoms with Crippen molar-refractivity contribution in [3.05, 3.63) is 113 Å². The number of carbonyl (C=O) groups excluding carboxylic acids is 2. The number of hydrogen-bond donors (Lipinski definition) is 2. The Bertz CT molecular complexity index is 1940. The van der Waals surface area contributed by atoms with E-state index in [0.717, 1.165) is 49.9 Å². The molecule has 0 amide bonds. The zero-order valence-corrected chi connectivity index (χ0v) is 32.3. The molecule has 0 bridgehead atoms. The van der Waals surface area contributed by atoms with E-state index in [1.807, 2.05) is 76.6 Å². The third-order valence-corrected chi connectivity index (χ3v) is 13.5. The van der Waals surface area contributed by atoms with Gasteiger partial charge in [-0.25, -0.2) is 0 Å². The van der Waals surface area contributed by atoms with Crippen molar-refractivity contribution in [1.29, 1.82) is 0 Å². The summed E-state index contributed by atoms with van der Waals surface area (Å²) in [5.74, 6) is 0.117. The molecule has 4 aliphatic carbocycles. The lowest BCUT2D eigenvalue weighted by Crippen LogP contribution is -2.66. The monoisotopic (exact) mass is 767 g/mol. The Morgan fingerprint density at radius 1 is 1.00 bits per heavy atom. The van der Waals surface area contributed by atoms with E-state index in [1.165, 1.54) is 17.7 Å².